The molecule has 166 valence electrons. The number of tetrazole rings is 1. The van der Waals surface area contributed by atoms with Crippen molar-refractivity contribution in [2.45, 2.75) is 10.2 Å². The maximum atomic E-state index is 13.2. The number of fused-ring (bicyclic) bond motifs is 1. The number of pyridine rings is 2. The molecule has 34 heavy (non-hydrogen) atoms. The molecule has 0 fully saturated rings. The lowest BCUT2D eigenvalue weighted by Crippen LogP contribution is -2.23. The highest BCUT2D eigenvalue weighted by molar-refractivity contribution is 7.99. The average Bonchev–Trinajstić information content (AvgIpc) is 3.35. The van der Waals surface area contributed by atoms with Gasteiger partial charge in [-0.05, 0) is 58.6 Å². The molecule has 4 aromatic heterocycles. The molecule has 1 N–H and O–H groups in total. The van der Waals surface area contributed by atoms with Gasteiger partial charge in [0.1, 0.15) is 10.7 Å². The van der Waals surface area contributed by atoms with Crippen LogP contribution in [0.5, 0.6) is 0 Å². The Morgan fingerprint density at radius 3 is 2.65 bits per heavy atom. The largest absolute Gasteiger partial charge is 0.271 e. The Kier molecular flexibility index (Phi) is 5.86. The fraction of sp³-hybridized carbons (Fsp3) is 0. The second-order valence-corrected chi connectivity index (χ2v) is 7.77. The fourth-order valence-corrected chi connectivity index (χ4v) is 3.92. The van der Waals surface area contributed by atoms with Gasteiger partial charge in [0, 0.05) is 24.2 Å². The van der Waals surface area contributed by atoms with Gasteiger partial charge in [0.2, 0.25) is 5.16 Å². The Hall–Kier alpha value is -4.71. The molecule has 0 saturated heterocycles. The van der Waals surface area contributed by atoms with Crippen LogP contribution < -0.4 is 11.0 Å². The van der Waals surface area contributed by atoms with E-state index in [-0.39, 0.29) is 11.1 Å². The minimum absolute atomic E-state index is 0.173. The van der Waals surface area contributed by atoms with Gasteiger partial charge in [-0.3, -0.25) is 19.0 Å². The highest BCUT2D eigenvalue weighted by atomic mass is 32.2. The molecule has 0 aliphatic carbocycles. The van der Waals surface area contributed by atoms with E-state index < -0.39 is 5.91 Å². The maximum Gasteiger partial charge on any atom is 0.271 e. The molecule has 0 unspecified atom stereocenters. The normalized spacial score (nSPS) is 11.2. The summed E-state index contributed by atoms with van der Waals surface area (Å²) >= 11 is 1.12. The summed E-state index contributed by atoms with van der Waals surface area (Å²) in [6.45, 7) is 0. The average molecular weight is 469 g/mol. The minimum Gasteiger partial charge on any atom is -0.268 e. The molecule has 12 heteroatoms. The Morgan fingerprint density at radius 2 is 1.82 bits per heavy atom. The number of hydrogen-bond acceptors (Lipinski definition) is 9. The van der Waals surface area contributed by atoms with Gasteiger partial charge in [0.25, 0.3) is 11.5 Å². The number of rotatable bonds is 6. The molecule has 1 amide bonds. The molecule has 0 aliphatic heterocycles. The molecule has 5 aromatic rings. The summed E-state index contributed by atoms with van der Waals surface area (Å²) in [5.41, 5.74) is 3.83. The van der Waals surface area contributed by atoms with Crippen molar-refractivity contribution < 1.29 is 4.79 Å². The van der Waals surface area contributed by atoms with E-state index in [0.717, 1.165) is 17.4 Å². The lowest BCUT2D eigenvalue weighted by atomic mass is 10.3. The van der Waals surface area contributed by atoms with Crippen LogP contribution in [0.25, 0.3) is 11.3 Å². The molecule has 0 radical (unpaired) electrons. The summed E-state index contributed by atoms with van der Waals surface area (Å²) in [6.07, 6.45) is 5.89. The van der Waals surface area contributed by atoms with E-state index >= 15 is 0 Å². The topological polar surface area (TPSA) is 132 Å². The molecule has 0 saturated carbocycles. The van der Waals surface area contributed by atoms with Crippen LogP contribution in [-0.2, 0) is 0 Å². The van der Waals surface area contributed by atoms with Crippen molar-refractivity contribution >= 4 is 29.5 Å². The predicted octanol–water partition coefficient (Wildman–Crippen LogP) is 1.98. The maximum absolute atomic E-state index is 13.2. The Labute approximate surface area is 196 Å². The number of nitrogens with zero attached hydrogens (tertiary/aromatic N) is 8. The summed E-state index contributed by atoms with van der Waals surface area (Å²) in [6, 6.07) is 17.7. The van der Waals surface area contributed by atoms with Gasteiger partial charge in [0.15, 0.2) is 0 Å². The standard InChI is InChI=1S/C22H15N9O2S/c32-19(15-9-11-23-12-10-15)26-24-14-17-20(25-18-8-4-5-13-30(18)21(17)33)34-22-27-28-29-31(22)16-6-2-1-3-7-16/h1-14H,(H,26,32). The van der Waals surface area contributed by atoms with Gasteiger partial charge in [-0.15, -0.1) is 5.10 Å². The van der Waals surface area contributed by atoms with Crippen molar-refractivity contribution in [3.05, 3.63) is 101 Å². The molecule has 11 nitrogen and oxygen atoms in total. The minimum atomic E-state index is -0.435. The van der Waals surface area contributed by atoms with Gasteiger partial charge in [0.05, 0.1) is 17.5 Å². The van der Waals surface area contributed by atoms with Crippen LogP contribution in [-0.4, -0.2) is 46.7 Å². The van der Waals surface area contributed by atoms with Crippen molar-refractivity contribution in [3.63, 3.8) is 0 Å². The van der Waals surface area contributed by atoms with Crippen molar-refractivity contribution in [1.29, 1.82) is 0 Å². The number of carbonyl (C=O) groups excluding carboxylic acids is 1. The van der Waals surface area contributed by atoms with Crippen LogP contribution in [0, 0.1) is 0 Å². The van der Waals surface area contributed by atoms with Crippen LogP contribution >= 0.6 is 11.8 Å². The van der Waals surface area contributed by atoms with Gasteiger partial charge in [-0.2, -0.15) is 9.78 Å². The second-order valence-electron chi connectivity index (χ2n) is 6.81. The van der Waals surface area contributed by atoms with Crippen molar-refractivity contribution in [1.82, 2.24) is 40.0 Å². The molecule has 0 spiro atoms. The number of nitrogens with one attached hydrogen (secondary N) is 1. The first kappa shape index (κ1) is 21.2. The zero-order valence-corrected chi connectivity index (χ0v) is 18.2. The SMILES string of the molecule is O=C(NN=Cc1c(Sc2nnnn2-c2ccccc2)nc2ccccn2c1=O)c1ccncc1. The van der Waals surface area contributed by atoms with E-state index in [1.54, 1.807) is 41.2 Å². The molecular weight excluding hydrogens is 454 g/mol. The Morgan fingerprint density at radius 1 is 1.03 bits per heavy atom. The summed E-state index contributed by atoms with van der Waals surface area (Å²) in [5.74, 6) is -0.435. The first-order chi connectivity index (χ1) is 16.7. The number of hydrazone groups is 1. The van der Waals surface area contributed by atoms with E-state index in [2.05, 4.69) is 36.0 Å². The van der Waals surface area contributed by atoms with Crippen LogP contribution in [0.2, 0.25) is 0 Å². The molecule has 0 atom stereocenters. The lowest BCUT2D eigenvalue weighted by Gasteiger charge is -2.08. The van der Waals surface area contributed by atoms with Crippen molar-refractivity contribution in [2.75, 3.05) is 0 Å². The molecule has 5 rings (SSSR count). The van der Waals surface area contributed by atoms with Crippen molar-refractivity contribution in [2.24, 2.45) is 5.10 Å². The van der Waals surface area contributed by atoms with Crippen molar-refractivity contribution in [3.8, 4) is 5.69 Å². The van der Waals surface area contributed by atoms with E-state index in [4.69, 9.17) is 0 Å². The third-order valence-corrected chi connectivity index (χ3v) is 5.61. The quantitative estimate of drug-likeness (QED) is 0.227. The monoisotopic (exact) mass is 469 g/mol. The highest BCUT2D eigenvalue weighted by Gasteiger charge is 2.17. The summed E-state index contributed by atoms with van der Waals surface area (Å²) in [4.78, 5) is 34.0. The van der Waals surface area contributed by atoms with E-state index in [9.17, 15) is 9.59 Å². The zero-order chi connectivity index (χ0) is 23.3. The van der Waals surface area contributed by atoms with E-state index in [0.29, 0.717) is 21.4 Å². The van der Waals surface area contributed by atoms with E-state index in [1.165, 1.54) is 23.0 Å². The summed E-state index contributed by atoms with van der Waals surface area (Å²) in [7, 11) is 0. The Bertz CT molecular complexity index is 1550. The molecule has 1 aromatic carbocycles. The number of aromatic nitrogens is 7. The smallest absolute Gasteiger partial charge is 0.268 e. The van der Waals surface area contributed by atoms with Crippen LogP contribution in [0.4, 0.5) is 0 Å². The van der Waals surface area contributed by atoms with Crippen LogP contribution in [0.1, 0.15) is 15.9 Å². The third kappa shape index (κ3) is 4.29. The Balaban J connectivity index is 1.52. The van der Waals surface area contributed by atoms with E-state index in [1.807, 2.05) is 30.3 Å². The summed E-state index contributed by atoms with van der Waals surface area (Å²) in [5, 5.41) is 16.6. The molecule has 0 aliphatic rings. The van der Waals surface area contributed by atoms with Gasteiger partial charge < -0.3 is 0 Å². The molecule has 4 heterocycles. The lowest BCUT2D eigenvalue weighted by molar-refractivity contribution is 0.0955. The first-order valence-corrected chi connectivity index (χ1v) is 10.8. The van der Waals surface area contributed by atoms with Gasteiger partial charge in [-0.25, -0.2) is 10.4 Å². The van der Waals surface area contributed by atoms with Gasteiger partial charge >= 0.3 is 0 Å². The number of hydrogen-bond donors (Lipinski definition) is 1. The number of amides is 1. The molecule has 0 bridgehead atoms. The van der Waals surface area contributed by atoms with Gasteiger partial charge in [-0.1, -0.05) is 24.3 Å². The predicted molar refractivity (Wildman–Crippen MR) is 124 cm³/mol. The summed E-state index contributed by atoms with van der Waals surface area (Å²) < 4.78 is 2.95. The third-order valence-electron chi connectivity index (χ3n) is 4.67. The zero-order valence-electron chi connectivity index (χ0n) is 17.4. The number of benzene rings is 1. The fourth-order valence-electron chi connectivity index (χ4n) is 3.05. The highest BCUT2D eigenvalue weighted by Crippen LogP contribution is 2.27. The first-order valence-electron chi connectivity index (χ1n) is 9.97. The van der Waals surface area contributed by atoms with Crippen LogP contribution in [0.15, 0.2) is 99.3 Å². The second kappa shape index (κ2) is 9.42. The molecular formula is C22H15N9O2S. The number of carbonyl (C=O) groups is 1. The van der Waals surface area contributed by atoms with Crippen LogP contribution in [0.3, 0.4) is 0 Å². The number of para-hydroxylation sites is 1.